The molecular formula is C13H11BrFNOS. The van der Waals surface area contributed by atoms with Crippen molar-refractivity contribution in [2.45, 2.75) is 13.8 Å². The third-order valence-corrected chi connectivity index (χ3v) is 4.65. The fraction of sp³-hybridized carbons (Fsp3) is 0.154. The second-order valence-electron chi connectivity index (χ2n) is 3.99. The molecule has 1 amide bonds. The van der Waals surface area contributed by atoms with Crippen molar-refractivity contribution in [2.75, 3.05) is 5.32 Å². The Labute approximate surface area is 117 Å². The average molecular weight is 328 g/mol. The van der Waals surface area contributed by atoms with Crippen molar-refractivity contribution in [1.82, 2.24) is 0 Å². The van der Waals surface area contributed by atoms with E-state index in [2.05, 4.69) is 21.2 Å². The van der Waals surface area contributed by atoms with E-state index in [9.17, 15) is 9.18 Å². The summed E-state index contributed by atoms with van der Waals surface area (Å²) < 4.78 is 14.3. The number of anilines is 1. The van der Waals surface area contributed by atoms with Gasteiger partial charge >= 0.3 is 0 Å². The maximum Gasteiger partial charge on any atom is 0.265 e. The van der Waals surface area contributed by atoms with Crippen molar-refractivity contribution in [2.24, 2.45) is 0 Å². The van der Waals surface area contributed by atoms with E-state index < -0.39 is 0 Å². The van der Waals surface area contributed by atoms with Crippen LogP contribution in [-0.4, -0.2) is 5.91 Å². The molecule has 0 aliphatic carbocycles. The van der Waals surface area contributed by atoms with Crippen LogP contribution in [0, 0.1) is 19.7 Å². The van der Waals surface area contributed by atoms with Gasteiger partial charge in [0.2, 0.25) is 0 Å². The molecule has 2 aromatic rings. The number of hydrogen-bond donors (Lipinski definition) is 1. The van der Waals surface area contributed by atoms with Gasteiger partial charge < -0.3 is 5.32 Å². The van der Waals surface area contributed by atoms with Gasteiger partial charge in [0.25, 0.3) is 5.91 Å². The molecule has 0 saturated heterocycles. The molecule has 0 bridgehead atoms. The molecule has 1 aromatic heterocycles. The number of amides is 1. The van der Waals surface area contributed by atoms with E-state index in [4.69, 9.17) is 0 Å². The Morgan fingerprint density at radius 2 is 2.00 bits per heavy atom. The maximum absolute atomic E-state index is 13.3. The van der Waals surface area contributed by atoms with Gasteiger partial charge in [0.1, 0.15) is 5.82 Å². The monoisotopic (exact) mass is 327 g/mol. The Bertz CT molecular complexity index is 590. The zero-order chi connectivity index (χ0) is 13.3. The van der Waals surface area contributed by atoms with Gasteiger partial charge in [-0.3, -0.25) is 4.79 Å². The summed E-state index contributed by atoms with van der Waals surface area (Å²) in [5.41, 5.74) is 2.04. The highest BCUT2D eigenvalue weighted by atomic mass is 79.9. The minimum Gasteiger partial charge on any atom is -0.321 e. The smallest absolute Gasteiger partial charge is 0.265 e. The van der Waals surface area contributed by atoms with Crippen molar-refractivity contribution in [3.63, 3.8) is 0 Å². The van der Waals surface area contributed by atoms with Crippen LogP contribution in [-0.2, 0) is 0 Å². The van der Waals surface area contributed by atoms with Gasteiger partial charge in [0.05, 0.1) is 8.66 Å². The van der Waals surface area contributed by atoms with Gasteiger partial charge in [-0.1, -0.05) is 6.07 Å². The summed E-state index contributed by atoms with van der Waals surface area (Å²) in [4.78, 5) is 12.5. The van der Waals surface area contributed by atoms with Crippen LogP contribution >= 0.6 is 27.3 Å². The molecule has 94 valence electrons. The average Bonchev–Trinajstić information content (AvgIpc) is 2.65. The van der Waals surface area contributed by atoms with E-state index in [1.54, 1.807) is 25.1 Å². The Morgan fingerprint density at radius 3 is 2.56 bits per heavy atom. The van der Waals surface area contributed by atoms with Crippen molar-refractivity contribution in [3.05, 3.63) is 49.9 Å². The molecule has 0 unspecified atom stereocenters. The summed E-state index contributed by atoms with van der Waals surface area (Å²) in [6.45, 7) is 3.60. The lowest BCUT2D eigenvalue weighted by Crippen LogP contribution is -2.10. The minimum atomic E-state index is -0.323. The molecule has 0 spiro atoms. The van der Waals surface area contributed by atoms with Crippen LogP contribution in [0.1, 0.15) is 20.8 Å². The Hall–Kier alpha value is -1.20. The highest BCUT2D eigenvalue weighted by Crippen LogP contribution is 2.28. The standard InChI is InChI=1S/C13H11BrFNOS/c1-7-3-4-9(6-10(7)15)16-13(17)11-5-8(2)12(14)18-11/h3-6H,1-2H3,(H,16,17). The zero-order valence-electron chi connectivity index (χ0n) is 9.88. The number of rotatable bonds is 2. The fourth-order valence-corrected chi connectivity index (χ4v) is 2.87. The van der Waals surface area contributed by atoms with E-state index in [1.807, 2.05) is 6.92 Å². The van der Waals surface area contributed by atoms with E-state index in [-0.39, 0.29) is 11.7 Å². The van der Waals surface area contributed by atoms with Crippen LogP contribution in [0.3, 0.4) is 0 Å². The van der Waals surface area contributed by atoms with Gasteiger partial charge in [-0.25, -0.2) is 4.39 Å². The van der Waals surface area contributed by atoms with Crippen molar-refractivity contribution >= 4 is 38.9 Å². The molecule has 1 N–H and O–H groups in total. The number of nitrogens with one attached hydrogen (secondary N) is 1. The van der Waals surface area contributed by atoms with Crippen LogP contribution < -0.4 is 5.32 Å². The van der Waals surface area contributed by atoms with E-state index >= 15 is 0 Å². The Morgan fingerprint density at radius 1 is 1.28 bits per heavy atom. The molecular weight excluding hydrogens is 317 g/mol. The fourth-order valence-electron chi connectivity index (χ4n) is 1.44. The quantitative estimate of drug-likeness (QED) is 0.863. The minimum absolute atomic E-state index is 0.225. The predicted molar refractivity (Wildman–Crippen MR) is 75.8 cm³/mol. The van der Waals surface area contributed by atoms with E-state index in [0.717, 1.165) is 9.35 Å². The molecule has 0 aliphatic rings. The largest absolute Gasteiger partial charge is 0.321 e. The molecule has 2 rings (SSSR count). The number of benzene rings is 1. The number of halogens is 2. The number of carbonyl (C=O) groups excluding carboxylic acids is 1. The van der Waals surface area contributed by atoms with Crippen LogP contribution in [0.2, 0.25) is 0 Å². The molecule has 0 atom stereocenters. The molecule has 2 nitrogen and oxygen atoms in total. The second kappa shape index (κ2) is 5.20. The van der Waals surface area contributed by atoms with Gasteiger partial charge in [-0.2, -0.15) is 0 Å². The first-order valence-corrected chi connectivity index (χ1v) is 6.92. The zero-order valence-corrected chi connectivity index (χ0v) is 12.3. The molecule has 0 fully saturated rings. The lowest BCUT2D eigenvalue weighted by atomic mass is 10.2. The number of carbonyl (C=O) groups is 1. The first-order chi connectivity index (χ1) is 8.47. The summed E-state index contributed by atoms with van der Waals surface area (Å²) in [5, 5.41) is 2.68. The van der Waals surface area contributed by atoms with E-state index in [0.29, 0.717) is 16.1 Å². The highest BCUT2D eigenvalue weighted by molar-refractivity contribution is 9.11. The third kappa shape index (κ3) is 2.79. The van der Waals surface area contributed by atoms with Crippen molar-refractivity contribution in [3.8, 4) is 0 Å². The van der Waals surface area contributed by atoms with E-state index in [1.165, 1.54) is 17.4 Å². The second-order valence-corrected chi connectivity index (χ2v) is 6.36. The summed E-state index contributed by atoms with van der Waals surface area (Å²) in [6, 6.07) is 6.45. The lowest BCUT2D eigenvalue weighted by molar-refractivity contribution is 0.103. The van der Waals surface area contributed by atoms with Crippen molar-refractivity contribution < 1.29 is 9.18 Å². The lowest BCUT2D eigenvalue weighted by Gasteiger charge is -2.04. The molecule has 0 radical (unpaired) electrons. The Balaban J connectivity index is 2.18. The summed E-state index contributed by atoms with van der Waals surface area (Å²) in [5.74, 6) is -0.548. The van der Waals surface area contributed by atoms with Gasteiger partial charge in [-0.15, -0.1) is 11.3 Å². The summed E-state index contributed by atoms with van der Waals surface area (Å²) in [7, 11) is 0. The maximum atomic E-state index is 13.3. The first-order valence-electron chi connectivity index (χ1n) is 5.31. The number of thiophene rings is 1. The van der Waals surface area contributed by atoms with Gasteiger partial charge in [0, 0.05) is 5.69 Å². The third-order valence-electron chi connectivity index (χ3n) is 2.51. The molecule has 0 saturated carbocycles. The topological polar surface area (TPSA) is 29.1 Å². The molecule has 1 aromatic carbocycles. The van der Waals surface area contributed by atoms with Crippen LogP contribution in [0.15, 0.2) is 28.1 Å². The van der Waals surface area contributed by atoms with Crippen LogP contribution in [0.4, 0.5) is 10.1 Å². The van der Waals surface area contributed by atoms with Crippen LogP contribution in [0.5, 0.6) is 0 Å². The summed E-state index contributed by atoms with van der Waals surface area (Å²) >= 11 is 4.73. The highest BCUT2D eigenvalue weighted by Gasteiger charge is 2.11. The first kappa shape index (κ1) is 13.2. The molecule has 1 heterocycles. The predicted octanol–water partition coefficient (Wildman–Crippen LogP) is 4.52. The Kier molecular flexibility index (Phi) is 3.82. The van der Waals surface area contributed by atoms with Crippen LogP contribution in [0.25, 0.3) is 0 Å². The number of hydrogen-bond acceptors (Lipinski definition) is 2. The summed E-state index contributed by atoms with van der Waals surface area (Å²) in [6.07, 6.45) is 0. The molecule has 18 heavy (non-hydrogen) atoms. The normalized spacial score (nSPS) is 10.4. The van der Waals surface area contributed by atoms with Crippen molar-refractivity contribution in [1.29, 1.82) is 0 Å². The van der Waals surface area contributed by atoms with Gasteiger partial charge in [-0.05, 0) is 59.1 Å². The molecule has 0 aliphatic heterocycles. The molecule has 5 heteroatoms. The van der Waals surface area contributed by atoms with Gasteiger partial charge in [0.15, 0.2) is 0 Å². The SMILES string of the molecule is Cc1ccc(NC(=O)c2cc(C)c(Br)s2)cc1F. The number of aryl methyl sites for hydroxylation is 2.